The van der Waals surface area contributed by atoms with E-state index in [-0.39, 0.29) is 5.78 Å². The molecular formula is C11H11BrO. The summed E-state index contributed by atoms with van der Waals surface area (Å²) in [5.41, 5.74) is 1.83. The third-order valence-electron chi connectivity index (χ3n) is 1.69. The monoisotopic (exact) mass is 238 g/mol. The van der Waals surface area contributed by atoms with E-state index in [0.717, 1.165) is 15.6 Å². The Labute approximate surface area is 86.6 Å². The number of benzene rings is 1. The summed E-state index contributed by atoms with van der Waals surface area (Å²) in [5.74, 6) is 0.111. The fraction of sp³-hybridized carbons (Fsp3) is 0.182. The Hall–Kier alpha value is -0.890. The Balaban J connectivity index is 3.00. The average molecular weight is 239 g/mol. The van der Waals surface area contributed by atoms with Crippen molar-refractivity contribution in [2.75, 3.05) is 0 Å². The second kappa shape index (κ2) is 4.38. The third kappa shape index (κ3) is 2.81. The van der Waals surface area contributed by atoms with Gasteiger partial charge in [-0.3, -0.25) is 4.79 Å². The smallest absolute Gasteiger partial charge is 0.166 e. The van der Waals surface area contributed by atoms with Crippen molar-refractivity contribution in [3.8, 4) is 0 Å². The Morgan fingerprint density at radius 2 is 2.23 bits per heavy atom. The van der Waals surface area contributed by atoms with Crippen LogP contribution >= 0.6 is 15.9 Å². The van der Waals surface area contributed by atoms with E-state index in [2.05, 4.69) is 22.5 Å². The first-order valence-corrected chi connectivity index (χ1v) is 4.84. The van der Waals surface area contributed by atoms with Crippen LogP contribution in [0.2, 0.25) is 0 Å². The van der Waals surface area contributed by atoms with Crippen LogP contribution in [0.4, 0.5) is 0 Å². The van der Waals surface area contributed by atoms with E-state index in [0.29, 0.717) is 6.42 Å². The summed E-state index contributed by atoms with van der Waals surface area (Å²) < 4.78 is 0.944. The molecule has 0 aliphatic carbocycles. The van der Waals surface area contributed by atoms with E-state index in [1.165, 1.54) is 0 Å². The molecule has 0 heterocycles. The van der Waals surface area contributed by atoms with Crippen molar-refractivity contribution in [3.63, 3.8) is 0 Å². The number of ketones is 1. The highest BCUT2D eigenvalue weighted by Crippen LogP contribution is 2.16. The zero-order valence-electron chi connectivity index (χ0n) is 7.51. The van der Waals surface area contributed by atoms with Gasteiger partial charge in [-0.2, -0.15) is 0 Å². The number of Topliss-reactive ketones (excluding diaryl/α,β-unsaturated/α-hetero) is 1. The van der Waals surface area contributed by atoms with Crippen LogP contribution in [0.15, 0.2) is 35.3 Å². The van der Waals surface area contributed by atoms with Gasteiger partial charge >= 0.3 is 0 Å². The molecule has 0 aromatic heterocycles. The van der Waals surface area contributed by atoms with Gasteiger partial charge in [-0.1, -0.05) is 22.0 Å². The van der Waals surface area contributed by atoms with E-state index in [1.54, 1.807) is 6.08 Å². The molecule has 0 fully saturated rings. The zero-order chi connectivity index (χ0) is 9.84. The van der Waals surface area contributed by atoms with Crippen LogP contribution in [0.1, 0.15) is 22.3 Å². The second-order valence-electron chi connectivity index (χ2n) is 2.93. The van der Waals surface area contributed by atoms with E-state index in [1.807, 2.05) is 25.1 Å². The lowest BCUT2D eigenvalue weighted by atomic mass is 10.1. The molecule has 1 aromatic rings. The van der Waals surface area contributed by atoms with Gasteiger partial charge in [0.25, 0.3) is 0 Å². The maximum atomic E-state index is 11.5. The van der Waals surface area contributed by atoms with Gasteiger partial charge in [0.2, 0.25) is 0 Å². The minimum Gasteiger partial charge on any atom is -0.294 e. The maximum absolute atomic E-state index is 11.5. The number of hydrogen-bond donors (Lipinski definition) is 0. The van der Waals surface area contributed by atoms with Gasteiger partial charge < -0.3 is 0 Å². The number of carbonyl (C=O) groups is 1. The van der Waals surface area contributed by atoms with Crippen molar-refractivity contribution < 1.29 is 4.79 Å². The van der Waals surface area contributed by atoms with Gasteiger partial charge in [0.15, 0.2) is 5.78 Å². The quantitative estimate of drug-likeness (QED) is 0.582. The molecule has 68 valence electrons. The Bertz CT molecular complexity index is 322. The number of carbonyl (C=O) groups excluding carboxylic acids is 1. The molecule has 0 N–H and O–H groups in total. The van der Waals surface area contributed by atoms with E-state index in [9.17, 15) is 4.79 Å². The van der Waals surface area contributed by atoms with Gasteiger partial charge in [-0.05, 0) is 30.7 Å². The van der Waals surface area contributed by atoms with E-state index < -0.39 is 0 Å². The second-order valence-corrected chi connectivity index (χ2v) is 3.85. The molecule has 1 aromatic carbocycles. The van der Waals surface area contributed by atoms with Crippen LogP contribution in [0, 0.1) is 6.92 Å². The molecule has 0 amide bonds. The molecule has 0 atom stereocenters. The molecule has 0 aliphatic rings. The van der Waals surface area contributed by atoms with Crippen LogP contribution in [0.5, 0.6) is 0 Å². The van der Waals surface area contributed by atoms with Gasteiger partial charge in [-0.25, -0.2) is 0 Å². The number of aryl methyl sites for hydroxylation is 1. The summed E-state index contributed by atoms with van der Waals surface area (Å²) in [6.07, 6.45) is 2.02. The minimum atomic E-state index is 0.111. The molecule has 0 saturated heterocycles. The Morgan fingerprint density at radius 3 is 2.77 bits per heavy atom. The number of halogens is 1. The first-order valence-electron chi connectivity index (χ1n) is 4.05. The maximum Gasteiger partial charge on any atom is 0.166 e. The zero-order valence-corrected chi connectivity index (χ0v) is 9.10. The molecule has 13 heavy (non-hydrogen) atoms. The molecule has 0 saturated carbocycles. The topological polar surface area (TPSA) is 17.1 Å². The van der Waals surface area contributed by atoms with Crippen molar-refractivity contribution in [2.45, 2.75) is 13.3 Å². The van der Waals surface area contributed by atoms with Gasteiger partial charge in [0, 0.05) is 16.5 Å². The first-order chi connectivity index (χ1) is 6.13. The Kier molecular flexibility index (Phi) is 3.43. The predicted molar refractivity (Wildman–Crippen MR) is 58.0 cm³/mol. The highest BCUT2D eigenvalue weighted by molar-refractivity contribution is 9.10. The molecule has 0 bridgehead atoms. The van der Waals surface area contributed by atoms with Crippen molar-refractivity contribution in [3.05, 3.63) is 46.5 Å². The van der Waals surface area contributed by atoms with E-state index in [4.69, 9.17) is 0 Å². The summed E-state index contributed by atoms with van der Waals surface area (Å²) in [4.78, 5) is 11.5. The summed E-state index contributed by atoms with van der Waals surface area (Å²) in [6, 6.07) is 5.69. The summed E-state index contributed by atoms with van der Waals surface area (Å²) >= 11 is 3.35. The predicted octanol–water partition coefficient (Wildman–Crippen LogP) is 3.52. The van der Waals surface area contributed by atoms with E-state index >= 15 is 0 Å². The normalized spacial score (nSPS) is 9.69. The number of allylic oxidation sites excluding steroid dienone is 1. The molecule has 0 spiro atoms. The van der Waals surface area contributed by atoms with Crippen molar-refractivity contribution in [2.24, 2.45) is 0 Å². The summed E-state index contributed by atoms with van der Waals surface area (Å²) in [7, 11) is 0. The number of rotatable bonds is 3. The minimum absolute atomic E-state index is 0.111. The van der Waals surface area contributed by atoms with Gasteiger partial charge in [0.1, 0.15) is 0 Å². The fourth-order valence-corrected chi connectivity index (χ4v) is 1.75. The van der Waals surface area contributed by atoms with Gasteiger partial charge in [0.05, 0.1) is 0 Å². The molecule has 1 nitrogen and oxygen atoms in total. The lowest BCUT2D eigenvalue weighted by Gasteiger charge is -2.00. The first kappa shape index (κ1) is 10.2. The summed E-state index contributed by atoms with van der Waals surface area (Å²) in [5, 5.41) is 0. The van der Waals surface area contributed by atoms with Crippen LogP contribution in [-0.2, 0) is 0 Å². The molecule has 2 heteroatoms. The number of hydrogen-bond acceptors (Lipinski definition) is 1. The van der Waals surface area contributed by atoms with Crippen molar-refractivity contribution in [1.82, 2.24) is 0 Å². The molecular weight excluding hydrogens is 228 g/mol. The lowest BCUT2D eigenvalue weighted by molar-refractivity contribution is 0.0996. The highest BCUT2D eigenvalue weighted by atomic mass is 79.9. The summed E-state index contributed by atoms with van der Waals surface area (Å²) in [6.45, 7) is 5.51. The molecule has 0 unspecified atom stereocenters. The standard InChI is InChI=1S/C11H11BrO/c1-3-4-11(13)9-5-8(2)6-10(12)7-9/h3,5-7H,1,4H2,2H3. The van der Waals surface area contributed by atoms with Crippen LogP contribution in [-0.4, -0.2) is 5.78 Å². The largest absolute Gasteiger partial charge is 0.294 e. The third-order valence-corrected chi connectivity index (χ3v) is 2.15. The van der Waals surface area contributed by atoms with Crippen LogP contribution in [0.3, 0.4) is 0 Å². The van der Waals surface area contributed by atoms with Gasteiger partial charge in [-0.15, -0.1) is 6.58 Å². The van der Waals surface area contributed by atoms with Crippen molar-refractivity contribution >= 4 is 21.7 Å². The van der Waals surface area contributed by atoms with Crippen molar-refractivity contribution in [1.29, 1.82) is 0 Å². The molecule has 0 radical (unpaired) electrons. The highest BCUT2D eigenvalue weighted by Gasteiger charge is 2.04. The Morgan fingerprint density at radius 1 is 1.54 bits per heavy atom. The average Bonchev–Trinajstić information content (AvgIpc) is 2.03. The molecule has 0 aliphatic heterocycles. The van der Waals surface area contributed by atoms with Crippen LogP contribution in [0.25, 0.3) is 0 Å². The fourth-order valence-electron chi connectivity index (χ4n) is 1.15. The SMILES string of the molecule is C=CCC(=O)c1cc(C)cc(Br)c1. The molecule has 1 rings (SSSR count). The van der Waals surface area contributed by atoms with Crippen LogP contribution < -0.4 is 0 Å². The lowest BCUT2D eigenvalue weighted by Crippen LogP contribution is -1.97.